The Morgan fingerprint density at radius 1 is 1.07 bits per heavy atom. The lowest BCUT2D eigenvalue weighted by Gasteiger charge is -2.26. The van der Waals surface area contributed by atoms with Crippen molar-refractivity contribution >= 4 is 27.8 Å². The Balaban J connectivity index is 1.80. The maximum atomic E-state index is 12.2. The van der Waals surface area contributed by atoms with Crippen LogP contribution in [-0.2, 0) is 4.79 Å². The van der Waals surface area contributed by atoms with Gasteiger partial charge in [0.15, 0.2) is 0 Å². The summed E-state index contributed by atoms with van der Waals surface area (Å²) in [5, 5.41) is 1.84. The number of pyridine rings is 1. The van der Waals surface area contributed by atoms with Gasteiger partial charge in [-0.15, -0.1) is 0 Å². The zero-order valence-corrected chi connectivity index (χ0v) is 14.6. The Labute approximate surface area is 154 Å². The van der Waals surface area contributed by atoms with Crippen LogP contribution in [0.15, 0.2) is 63.9 Å². The van der Waals surface area contributed by atoms with Crippen LogP contribution in [0.3, 0.4) is 0 Å². The molecule has 3 heterocycles. The van der Waals surface area contributed by atoms with Crippen molar-refractivity contribution < 1.29 is 13.9 Å². The molecule has 1 aliphatic heterocycles. The number of ether oxygens (including phenoxy) is 1. The summed E-state index contributed by atoms with van der Waals surface area (Å²) in [6.45, 7) is 1.87. The number of carbonyl (C=O) groups excluding carboxylic acids is 1. The van der Waals surface area contributed by atoms with Crippen LogP contribution in [0, 0.1) is 6.92 Å². The molecule has 2 aromatic heterocycles. The van der Waals surface area contributed by atoms with E-state index in [0.29, 0.717) is 11.3 Å². The monoisotopic (exact) mass is 357 g/mol. The molecule has 0 radical (unpaired) electrons. The van der Waals surface area contributed by atoms with E-state index in [4.69, 9.17) is 9.15 Å². The molecule has 5 nitrogen and oxygen atoms in total. The fourth-order valence-electron chi connectivity index (χ4n) is 3.83. The standard InChI is InChI=1S/C22H15NO4/c1-12-9-19(24)27-22-15(12)5-7-18-21(22)16(11-20(25)26-18)13-4-6-17-14(10-13)3-2-8-23-17/h2-10,16H,11H2,1H3/t16-/m1/s1. The molecule has 0 fully saturated rings. The van der Waals surface area contributed by atoms with Gasteiger partial charge in [-0.3, -0.25) is 9.78 Å². The lowest BCUT2D eigenvalue weighted by Crippen LogP contribution is -2.21. The molecule has 0 saturated heterocycles. The molecule has 0 saturated carbocycles. The van der Waals surface area contributed by atoms with E-state index in [0.717, 1.165) is 33.0 Å². The fourth-order valence-corrected chi connectivity index (χ4v) is 3.83. The van der Waals surface area contributed by atoms with E-state index in [1.807, 2.05) is 43.3 Å². The van der Waals surface area contributed by atoms with E-state index in [-0.39, 0.29) is 18.3 Å². The number of carbonyl (C=O) groups is 1. The summed E-state index contributed by atoms with van der Waals surface area (Å²) in [6, 6.07) is 14.9. The molecule has 5 heteroatoms. The first-order chi connectivity index (χ1) is 13.1. The SMILES string of the molecule is Cc1cc(=O)oc2c3c(ccc12)OC(=O)C[C@@H]3c1ccc2ncccc2c1. The molecule has 0 bridgehead atoms. The second-order valence-corrected chi connectivity index (χ2v) is 6.79. The molecule has 5 rings (SSSR count). The highest BCUT2D eigenvalue weighted by Crippen LogP contribution is 2.43. The van der Waals surface area contributed by atoms with Crippen LogP contribution in [0.25, 0.3) is 21.9 Å². The number of nitrogens with zero attached hydrogens (tertiary/aromatic N) is 1. The molecule has 0 aliphatic carbocycles. The van der Waals surface area contributed by atoms with Gasteiger partial charge in [0.05, 0.1) is 11.9 Å². The summed E-state index contributed by atoms with van der Waals surface area (Å²) in [7, 11) is 0. The van der Waals surface area contributed by atoms with Crippen molar-refractivity contribution in [2.24, 2.45) is 0 Å². The van der Waals surface area contributed by atoms with E-state index in [1.54, 1.807) is 12.3 Å². The molecular weight excluding hydrogens is 342 g/mol. The van der Waals surface area contributed by atoms with Crippen molar-refractivity contribution in [3.05, 3.63) is 81.8 Å². The smallest absolute Gasteiger partial charge is 0.336 e. The Morgan fingerprint density at radius 3 is 2.85 bits per heavy atom. The Kier molecular flexibility index (Phi) is 3.37. The minimum Gasteiger partial charge on any atom is -0.426 e. The number of fused-ring (bicyclic) bond motifs is 4. The second-order valence-electron chi connectivity index (χ2n) is 6.79. The van der Waals surface area contributed by atoms with Crippen molar-refractivity contribution in [2.45, 2.75) is 19.3 Å². The average Bonchev–Trinajstić information content (AvgIpc) is 2.66. The van der Waals surface area contributed by atoms with Crippen LogP contribution >= 0.6 is 0 Å². The molecule has 0 spiro atoms. The fraction of sp³-hybridized carbons (Fsp3) is 0.136. The summed E-state index contributed by atoms with van der Waals surface area (Å²) in [5.41, 5.74) is 3.51. The summed E-state index contributed by atoms with van der Waals surface area (Å²) < 4.78 is 11.0. The Morgan fingerprint density at radius 2 is 1.96 bits per heavy atom. The van der Waals surface area contributed by atoms with Crippen LogP contribution in [0.1, 0.15) is 29.0 Å². The quantitative estimate of drug-likeness (QED) is 0.291. The van der Waals surface area contributed by atoms with E-state index >= 15 is 0 Å². The minimum atomic E-state index is -0.410. The Hall–Kier alpha value is -3.47. The van der Waals surface area contributed by atoms with Gasteiger partial charge in [-0.25, -0.2) is 4.79 Å². The van der Waals surface area contributed by atoms with Gasteiger partial charge in [0.1, 0.15) is 11.3 Å². The number of hydrogen-bond donors (Lipinski definition) is 0. The molecule has 132 valence electrons. The van der Waals surface area contributed by atoms with Crippen LogP contribution in [0.2, 0.25) is 0 Å². The number of rotatable bonds is 1. The third-order valence-electron chi connectivity index (χ3n) is 5.09. The molecule has 0 amide bonds. The number of aromatic nitrogens is 1. The molecule has 1 aliphatic rings. The normalized spacial score (nSPS) is 16.3. The predicted molar refractivity (Wildman–Crippen MR) is 101 cm³/mol. The number of esters is 1. The lowest BCUT2D eigenvalue weighted by molar-refractivity contribution is -0.135. The van der Waals surface area contributed by atoms with Gasteiger partial charge < -0.3 is 9.15 Å². The van der Waals surface area contributed by atoms with Gasteiger partial charge in [0.2, 0.25) is 0 Å². The number of benzene rings is 2. The molecule has 27 heavy (non-hydrogen) atoms. The van der Waals surface area contributed by atoms with Gasteiger partial charge in [0.25, 0.3) is 0 Å². The van der Waals surface area contributed by atoms with Gasteiger partial charge in [-0.2, -0.15) is 0 Å². The predicted octanol–water partition coefficient (Wildman–Crippen LogP) is 4.09. The maximum absolute atomic E-state index is 12.2. The van der Waals surface area contributed by atoms with Crippen LogP contribution in [0.4, 0.5) is 0 Å². The zero-order chi connectivity index (χ0) is 18.5. The van der Waals surface area contributed by atoms with Crippen LogP contribution in [0.5, 0.6) is 5.75 Å². The summed E-state index contributed by atoms with van der Waals surface area (Å²) in [6.07, 6.45) is 1.94. The zero-order valence-electron chi connectivity index (χ0n) is 14.6. The second kappa shape index (κ2) is 5.77. The van der Waals surface area contributed by atoms with Gasteiger partial charge in [-0.1, -0.05) is 12.1 Å². The topological polar surface area (TPSA) is 69.4 Å². The molecular formula is C22H15NO4. The summed E-state index contributed by atoms with van der Waals surface area (Å²) in [5.74, 6) is -0.101. The van der Waals surface area contributed by atoms with Crippen molar-refractivity contribution in [2.75, 3.05) is 0 Å². The molecule has 0 N–H and O–H groups in total. The van der Waals surface area contributed by atoms with Crippen molar-refractivity contribution in [1.29, 1.82) is 0 Å². The average molecular weight is 357 g/mol. The molecule has 2 aromatic carbocycles. The van der Waals surface area contributed by atoms with Crippen LogP contribution < -0.4 is 10.4 Å². The highest BCUT2D eigenvalue weighted by atomic mass is 16.5. The van der Waals surface area contributed by atoms with Crippen molar-refractivity contribution in [3.63, 3.8) is 0 Å². The summed E-state index contributed by atoms with van der Waals surface area (Å²) in [4.78, 5) is 28.6. The van der Waals surface area contributed by atoms with Crippen molar-refractivity contribution in [3.8, 4) is 5.75 Å². The molecule has 0 unspecified atom stereocenters. The van der Waals surface area contributed by atoms with Crippen molar-refractivity contribution in [1.82, 2.24) is 4.98 Å². The van der Waals surface area contributed by atoms with E-state index in [1.165, 1.54) is 6.07 Å². The molecule has 4 aromatic rings. The largest absolute Gasteiger partial charge is 0.426 e. The molecule has 1 atom stereocenters. The van der Waals surface area contributed by atoms with E-state index < -0.39 is 5.63 Å². The lowest BCUT2D eigenvalue weighted by atomic mass is 9.84. The van der Waals surface area contributed by atoms with Crippen LogP contribution in [-0.4, -0.2) is 11.0 Å². The third kappa shape index (κ3) is 2.51. The Bertz CT molecular complexity index is 1290. The highest BCUT2D eigenvalue weighted by Gasteiger charge is 2.32. The van der Waals surface area contributed by atoms with E-state index in [9.17, 15) is 9.59 Å². The number of aryl methyl sites for hydroxylation is 1. The summed E-state index contributed by atoms with van der Waals surface area (Å²) >= 11 is 0. The van der Waals surface area contributed by atoms with E-state index in [2.05, 4.69) is 4.98 Å². The van der Waals surface area contributed by atoms with Gasteiger partial charge >= 0.3 is 11.6 Å². The number of hydrogen-bond acceptors (Lipinski definition) is 5. The first kappa shape index (κ1) is 15.8. The first-order valence-corrected chi connectivity index (χ1v) is 8.73. The minimum absolute atomic E-state index is 0.190. The van der Waals surface area contributed by atoms with Gasteiger partial charge in [-0.05, 0) is 48.4 Å². The van der Waals surface area contributed by atoms with Gasteiger partial charge in [0, 0.05) is 34.5 Å². The highest BCUT2D eigenvalue weighted by molar-refractivity contribution is 5.90. The first-order valence-electron chi connectivity index (χ1n) is 8.73. The maximum Gasteiger partial charge on any atom is 0.336 e. The third-order valence-corrected chi connectivity index (χ3v) is 5.09.